The molecule has 0 saturated heterocycles. The summed E-state index contributed by atoms with van der Waals surface area (Å²) in [6.45, 7) is 2.80. The monoisotopic (exact) mass is 233 g/mol. The minimum atomic E-state index is -0.302. The highest BCUT2D eigenvalue weighted by atomic mass is 16.1. The standard InChI is InChI=1S/C13H19N3O/c1-9-7-10-5-3-4-6-12(10)16(9)8-11(15-2)13(14)17/h3-6,9,11,15H,7-8H2,1-2H3,(H2,14,17). The zero-order valence-corrected chi connectivity index (χ0v) is 10.3. The largest absolute Gasteiger partial charge is 0.368 e. The summed E-state index contributed by atoms with van der Waals surface area (Å²) in [5.74, 6) is -0.302. The summed E-state index contributed by atoms with van der Waals surface area (Å²) in [7, 11) is 1.77. The van der Waals surface area contributed by atoms with Crippen molar-refractivity contribution in [1.82, 2.24) is 5.32 Å². The lowest BCUT2D eigenvalue weighted by atomic mass is 10.1. The zero-order chi connectivity index (χ0) is 12.4. The molecule has 1 aliphatic heterocycles. The first-order chi connectivity index (χ1) is 8.13. The smallest absolute Gasteiger partial charge is 0.236 e. The van der Waals surface area contributed by atoms with Gasteiger partial charge in [-0.05, 0) is 32.0 Å². The number of carbonyl (C=O) groups excluding carboxylic acids is 1. The number of para-hydroxylation sites is 1. The molecule has 92 valence electrons. The minimum absolute atomic E-state index is 0.302. The number of nitrogens with one attached hydrogen (secondary N) is 1. The molecule has 2 rings (SSSR count). The Morgan fingerprint density at radius 2 is 2.29 bits per heavy atom. The summed E-state index contributed by atoms with van der Waals surface area (Å²) < 4.78 is 0. The molecule has 3 N–H and O–H groups in total. The molecule has 0 bridgehead atoms. The van der Waals surface area contributed by atoms with E-state index in [1.54, 1.807) is 7.05 Å². The van der Waals surface area contributed by atoms with Gasteiger partial charge in [0.1, 0.15) is 6.04 Å². The average molecular weight is 233 g/mol. The lowest BCUT2D eigenvalue weighted by molar-refractivity contribution is -0.119. The van der Waals surface area contributed by atoms with E-state index in [9.17, 15) is 4.79 Å². The van der Waals surface area contributed by atoms with E-state index in [1.807, 2.05) is 6.07 Å². The van der Waals surface area contributed by atoms with Crippen LogP contribution in [0.1, 0.15) is 12.5 Å². The predicted octanol–water partition coefficient (Wildman–Crippen LogP) is 0.511. The number of rotatable bonds is 4. The van der Waals surface area contributed by atoms with Crippen molar-refractivity contribution < 1.29 is 4.79 Å². The third-order valence-corrected chi connectivity index (χ3v) is 3.42. The quantitative estimate of drug-likeness (QED) is 0.796. The Morgan fingerprint density at radius 1 is 1.59 bits per heavy atom. The van der Waals surface area contributed by atoms with Crippen molar-refractivity contribution in [2.24, 2.45) is 5.73 Å². The van der Waals surface area contributed by atoms with Crippen LogP contribution in [0.4, 0.5) is 5.69 Å². The molecule has 1 amide bonds. The fourth-order valence-electron chi connectivity index (χ4n) is 2.43. The number of nitrogens with two attached hydrogens (primary N) is 1. The van der Waals surface area contributed by atoms with E-state index >= 15 is 0 Å². The lowest BCUT2D eigenvalue weighted by Crippen LogP contribution is -2.49. The van der Waals surface area contributed by atoms with Crippen LogP contribution in [0.2, 0.25) is 0 Å². The maximum Gasteiger partial charge on any atom is 0.236 e. The minimum Gasteiger partial charge on any atom is -0.368 e. The van der Waals surface area contributed by atoms with Gasteiger partial charge >= 0.3 is 0 Å². The van der Waals surface area contributed by atoms with Crippen molar-refractivity contribution >= 4 is 11.6 Å². The number of benzene rings is 1. The van der Waals surface area contributed by atoms with Crippen LogP contribution in [-0.2, 0) is 11.2 Å². The van der Waals surface area contributed by atoms with Gasteiger partial charge in [-0.2, -0.15) is 0 Å². The molecule has 0 saturated carbocycles. The van der Waals surface area contributed by atoms with E-state index in [0.717, 1.165) is 6.42 Å². The molecule has 1 aliphatic rings. The molecule has 0 fully saturated rings. The molecule has 1 heterocycles. The first-order valence-corrected chi connectivity index (χ1v) is 5.94. The van der Waals surface area contributed by atoms with E-state index in [1.165, 1.54) is 11.3 Å². The number of primary amides is 1. The van der Waals surface area contributed by atoms with E-state index in [2.05, 4.69) is 35.3 Å². The van der Waals surface area contributed by atoms with Gasteiger partial charge in [-0.3, -0.25) is 4.79 Å². The molecule has 2 atom stereocenters. The summed E-state index contributed by atoms with van der Waals surface area (Å²) in [6.07, 6.45) is 1.03. The summed E-state index contributed by atoms with van der Waals surface area (Å²) >= 11 is 0. The van der Waals surface area contributed by atoms with Gasteiger partial charge in [-0.1, -0.05) is 18.2 Å². The number of nitrogens with zero attached hydrogens (tertiary/aromatic N) is 1. The predicted molar refractivity (Wildman–Crippen MR) is 69.0 cm³/mol. The number of hydrogen-bond donors (Lipinski definition) is 2. The molecule has 17 heavy (non-hydrogen) atoms. The SMILES string of the molecule is CNC(CN1c2ccccc2CC1C)C(N)=O. The van der Waals surface area contributed by atoms with Crippen LogP contribution in [0.3, 0.4) is 0 Å². The Hall–Kier alpha value is -1.55. The number of anilines is 1. The Morgan fingerprint density at radius 3 is 2.94 bits per heavy atom. The van der Waals surface area contributed by atoms with Crippen LogP contribution in [-0.4, -0.2) is 31.6 Å². The summed E-state index contributed by atoms with van der Waals surface area (Å²) in [4.78, 5) is 13.5. The lowest BCUT2D eigenvalue weighted by Gasteiger charge is -2.28. The van der Waals surface area contributed by atoms with Gasteiger partial charge in [0.2, 0.25) is 5.91 Å². The Bertz CT molecular complexity index is 419. The molecule has 4 heteroatoms. The fraction of sp³-hybridized carbons (Fsp3) is 0.462. The maximum absolute atomic E-state index is 11.3. The van der Waals surface area contributed by atoms with Crippen LogP contribution < -0.4 is 16.0 Å². The highest BCUT2D eigenvalue weighted by Gasteiger charge is 2.28. The van der Waals surface area contributed by atoms with Crippen molar-refractivity contribution in [2.75, 3.05) is 18.5 Å². The fourth-order valence-corrected chi connectivity index (χ4v) is 2.43. The van der Waals surface area contributed by atoms with E-state index < -0.39 is 0 Å². The number of likely N-dealkylation sites (N-methyl/N-ethyl adjacent to an activating group) is 1. The van der Waals surface area contributed by atoms with E-state index in [0.29, 0.717) is 12.6 Å². The highest BCUT2D eigenvalue weighted by Crippen LogP contribution is 2.31. The zero-order valence-electron chi connectivity index (χ0n) is 10.3. The third-order valence-electron chi connectivity index (χ3n) is 3.42. The molecule has 0 aromatic heterocycles. The second kappa shape index (κ2) is 4.75. The highest BCUT2D eigenvalue weighted by molar-refractivity contribution is 5.81. The van der Waals surface area contributed by atoms with Crippen molar-refractivity contribution in [3.05, 3.63) is 29.8 Å². The summed E-state index contributed by atoms with van der Waals surface area (Å²) in [5.41, 5.74) is 7.93. The average Bonchev–Trinajstić information content (AvgIpc) is 2.61. The van der Waals surface area contributed by atoms with Crippen LogP contribution >= 0.6 is 0 Å². The Balaban J connectivity index is 2.19. The van der Waals surface area contributed by atoms with Gasteiger partial charge in [0.25, 0.3) is 0 Å². The van der Waals surface area contributed by atoms with Crippen LogP contribution in [0.15, 0.2) is 24.3 Å². The van der Waals surface area contributed by atoms with Gasteiger partial charge in [0.15, 0.2) is 0 Å². The number of fused-ring (bicyclic) bond motifs is 1. The molecular formula is C13H19N3O. The Labute approximate surface area is 102 Å². The number of hydrogen-bond acceptors (Lipinski definition) is 3. The first-order valence-electron chi connectivity index (χ1n) is 5.94. The summed E-state index contributed by atoms with van der Waals surface area (Å²) in [5, 5.41) is 2.96. The molecule has 0 radical (unpaired) electrons. The molecule has 2 unspecified atom stereocenters. The topological polar surface area (TPSA) is 58.4 Å². The Kier molecular flexibility index (Phi) is 3.33. The molecule has 1 aromatic carbocycles. The second-order valence-corrected chi connectivity index (χ2v) is 4.58. The summed E-state index contributed by atoms with van der Waals surface area (Å²) in [6, 6.07) is 8.45. The number of carbonyl (C=O) groups is 1. The molecule has 0 spiro atoms. The van der Waals surface area contributed by atoms with Crippen LogP contribution in [0.25, 0.3) is 0 Å². The van der Waals surface area contributed by atoms with Gasteiger partial charge in [0, 0.05) is 18.3 Å². The van der Waals surface area contributed by atoms with E-state index in [4.69, 9.17) is 5.73 Å². The van der Waals surface area contributed by atoms with Crippen LogP contribution in [0.5, 0.6) is 0 Å². The van der Waals surface area contributed by atoms with Crippen LogP contribution in [0, 0.1) is 0 Å². The van der Waals surface area contributed by atoms with Crippen molar-refractivity contribution in [3.63, 3.8) is 0 Å². The molecular weight excluding hydrogens is 214 g/mol. The molecule has 1 aromatic rings. The van der Waals surface area contributed by atoms with Crippen molar-refractivity contribution in [2.45, 2.75) is 25.4 Å². The third kappa shape index (κ3) is 2.26. The maximum atomic E-state index is 11.3. The van der Waals surface area contributed by atoms with Gasteiger partial charge in [0.05, 0.1) is 0 Å². The molecule has 4 nitrogen and oxygen atoms in total. The normalized spacial score (nSPS) is 20.1. The van der Waals surface area contributed by atoms with Crippen molar-refractivity contribution in [3.8, 4) is 0 Å². The number of amides is 1. The van der Waals surface area contributed by atoms with Gasteiger partial charge in [-0.15, -0.1) is 0 Å². The second-order valence-electron chi connectivity index (χ2n) is 4.58. The van der Waals surface area contributed by atoms with Crippen molar-refractivity contribution in [1.29, 1.82) is 0 Å². The van der Waals surface area contributed by atoms with E-state index in [-0.39, 0.29) is 11.9 Å². The van der Waals surface area contributed by atoms with Gasteiger partial charge < -0.3 is 16.0 Å². The van der Waals surface area contributed by atoms with Gasteiger partial charge in [-0.25, -0.2) is 0 Å². The molecule has 0 aliphatic carbocycles. The first kappa shape index (κ1) is 11.9.